The first kappa shape index (κ1) is 22.1. The SMILES string of the molecule is CCCCCCCCCC(=O)NC(Cc1cnc[nH]1)C(=O)[O-].[Na+]. The Morgan fingerprint density at radius 2 is 1.87 bits per heavy atom. The second-order valence-corrected chi connectivity index (χ2v) is 5.59. The molecule has 6 nitrogen and oxygen atoms in total. The summed E-state index contributed by atoms with van der Waals surface area (Å²) in [7, 11) is 0. The molecule has 7 heteroatoms. The normalized spacial score (nSPS) is 11.5. The number of carboxylic acids is 1. The van der Waals surface area contributed by atoms with E-state index in [1.165, 1.54) is 32.0 Å². The molecule has 0 aliphatic rings. The summed E-state index contributed by atoms with van der Waals surface area (Å²) in [6, 6.07) is -1.02. The van der Waals surface area contributed by atoms with Gasteiger partial charge in [0.15, 0.2) is 0 Å². The molecule has 0 aliphatic heterocycles. The zero-order chi connectivity index (χ0) is 16.2. The van der Waals surface area contributed by atoms with Gasteiger partial charge in [0.2, 0.25) is 5.91 Å². The van der Waals surface area contributed by atoms with Crippen molar-refractivity contribution >= 4 is 11.9 Å². The maximum Gasteiger partial charge on any atom is 1.00 e. The number of imidazole rings is 1. The third kappa shape index (κ3) is 10.5. The Balaban J connectivity index is 0.00000484. The summed E-state index contributed by atoms with van der Waals surface area (Å²) in [4.78, 5) is 29.5. The molecule has 1 amide bonds. The summed E-state index contributed by atoms with van der Waals surface area (Å²) in [5.41, 5.74) is 0.658. The molecule has 0 aliphatic carbocycles. The van der Waals surface area contributed by atoms with Gasteiger partial charge in [-0.15, -0.1) is 0 Å². The van der Waals surface area contributed by atoms with Gasteiger partial charge in [0.05, 0.1) is 18.3 Å². The average molecular weight is 331 g/mol. The number of aromatic amines is 1. The van der Waals surface area contributed by atoms with Crippen LogP contribution < -0.4 is 40.0 Å². The fourth-order valence-electron chi connectivity index (χ4n) is 2.32. The molecule has 0 bridgehead atoms. The van der Waals surface area contributed by atoms with Crippen LogP contribution in [0.1, 0.15) is 64.0 Å². The molecular formula is C16H26N3NaO3. The zero-order valence-corrected chi connectivity index (χ0v) is 16.3. The largest absolute Gasteiger partial charge is 1.00 e. The van der Waals surface area contributed by atoms with Crippen LogP contribution in [0.15, 0.2) is 12.5 Å². The third-order valence-electron chi connectivity index (χ3n) is 3.61. The molecule has 0 saturated heterocycles. The molecule has 1 aromatic rings. The van der Waals surface area contributed by atoms with Crippen LogP contribution in [0.5, 0.6) is 0 Å². The van der Waals surface area contributed by atoms with Gasteiger partial charge in [-0.25, -0.2) is 4.98 Å². The van der Waals surface area contributed by atoms with Crippen LogP contribution in [-0.2, 0) is 16.0 Å². The molecule has 2 N–H and O–H groups in total. The minimum absolute atomic E-state index is 0. The van der Waals surface area contributed by atoms with Crippen LogP contribution in [0.25, 0.3) is 0 Å². The number of amides is 1. The Morgan fingerprint density at radius 1 is 1.22 bits per heavy atom. The summed E-state index contributed by atoms with van der Waals surface area (Å²) < 4.78 is 0. The standard InChI is InChI=1S/C16H27N3O3.Na/c1-2-3-4-5-6-7-8-9-15(20)19-14(16(21)22)10-13-11-17-12-18-13;/h11-12,14H,2-10H2,1H3,(H,17,18)(H,19,20)(H,21,22);/q;+1/p-1. The summed E-state index contributed by atoms with van der Waals surface area (Å²) in [6.45, 7) is 2.18. The molecule has 0 fully saturated rings. The number of nitrogens with one attached hydrogen (secondary N) is 2. The van der Waals surface area contributed by atoms with Gasteiger partial charge in [-0.05, 0) is 6.42 Å². The molecule has 0 spiro atoms. The van der Waals surface area contributed by atoms with Gasteiger partial charge in [-0.3, -0.25) is 4.79 Å². The number of hydrogen-bond acceptors (Lipinski definition) is 4. The minimum atomic E-state index is -1.28. The van der Waals surface area contributed by atoms with E-state index in [1.807, 2.05) is 0 Å². The Kier molecular flexibility index (Phi) is 13.1. The van der Waals surface area contributed by atoms with Gasteiger partial charge >= 0.3 is 29.6 Å². The molecule has 23 heavy (non-hydrogen) atoms. The molecule has 0 saturated carbocycles. The van der Waals surface area contributed by atoms with Crippen molar-refractivity contribution in [3.63, 3.8) is 0 Å². The van der Waals surface area contributed by atoms with Gasteiger partial charge in [0, 0.05) is 24.7 Å². The Labute approximate surface area is 160 Å². The van der Waals surface area contributed by atoms with Gasteiger partial charge in [0.25, 0.3) is 0 Å². The zero-order valence-electron chi connectivity index (χ0n) is 14.3. The first-order valence-corrected chi connectivity index (χ1v) is 8.11. The number of aliphatic carboxylic acids is 1. The Bertz CT molecular complexity index is 438. The fraction of sp³-hybridized carbons (Fsp3) is 0.688. The predicted octanol–water partition coefficient (Wildman–Crippen LogP) is -1.67. The topological polar surface area (TPSA) is 97.9 Å². The number of aromatic nitrogens is 2. The van der Waals surface area contributed by atoms with Crippen molar-refractivity contribution in [2.75, 3.05) is 0 Å². The van der Waals surface area contributed by atoms with Gasteiger partial charge in [-0.2, -0.15) is 0 Å². The summed E-state index contributed by atoms with van der Waals surface area (Å²) >= 11 is 0. The van der Waals surface area contributed by atoms with Crippen LogP contribution in [0, 0.1) is 0 Å². The van der Waals surface area contributed by atoms with Gasteiger partial charge < -0.3 is 20.2 Å². The van der Waals surface area contributed by atoms with E-state index in [9.17, 15) is 14.7 Å². The van der Waals surface area contributed by atoms with E-state index in [-0.39, 0.29) is 41.9 Å². The van der Waals surface area contributed by atoms with Gasteiger partial charge in [-0.1, -0.05) is 45.4 Å². The number of unbranched alkanes of at least 4 members (excludes halogenated alkanes) is 6. The predicted molar refractivity (Wildman–Crippen MR) is 81.8 cm³/mol. The maximum atomic E-state index is 11.8. The van der Waals surface area contributed by atoms with Crippen LogP contribution in [-0.4, -0.2) is 27.9 Å². The van der Waals surface area contributed by atoms with Crippen molar-refractivity contribution < 1.29 is 44.3 Å². The molecule has 1 rings (SSSR count). The first-order chi connectivity index (χ1) is 10.6. The van der Waals surface area contributed by atoms with Crippen molar-refractivity contribution in [3.8, 4) is 0 Å². The summed E-state index contributed by atoms with van der Waals surface area (Å²) in [5.74, 6) is -1.51. The smallest absolute Gasteiger partial charge is 0.548 e. The molecule has 1 aromatic heterocycles. The number of H-pyrrole nitrogens is 1. The number of carbonyl (C=O) groups excluding carboxylic acids is 2. The number of hydrogen-bond donors (Lipinski definition) is 2. The summed E-state index contributed by atoms with van der Waals surface area (Å²) in [5, 5.41) is 13.6. The van der Waals surface area contributed by atoms with Crippen molar-refractivity contribution in [1.29, 1.82) is 0 Å². The van der Waals surface area contributed by atoms with E-state index >= 15 is 0 Å². The number of carboxylic acid groups (broad SMARTS) is 1. The first-order valence-electron chi connectivity index (χ1n) is 8.11. The monoisotopic (exact) mass is 331 g/mol. The molecule has 0 aromatic carbocycles. The van der Waals surface area contributed by atoms with Crippen LogP contribution in [0.4, 0.5) is 0 Å². The second kappa shape index (κ2) is 13.6. The molecule has 0 radical (unpaired) electrons. The molecule has 1 unspecified atom stereocenters. The third-order valence-corrected chi connectivity index (χ3v) is 3.61. The number of nitrogens with zero attached hydrogens (tertiary/aromatic N) is 1. The van der Waals surface area contributed by atoms with E-state index < -0.39 is 12.0 Å². The van der Waals surface area contributed by atoms with E-state index in [4.69, 9.17) is 0 Å². The number of carbonyl (C=O) groups is 2. The average Bonchev–Trinajstić information content (AvgIpc) is 2.98. The van der Waals surface area contributed by atoms with E-state index in [0.29, 0.717) is 12.1 Å². The second-order valence-electron chi connectivity index (χ2n) is 5.59. The van der Waals surface area contributed by atoms with E-state index in [0.717, 1.165) is 19.3 Å². The summed E-state index contributed by atoms with van der Waals surface area (Å²) in [6.07, 6.45) is 11.4. The van der Waals surface area contributed by atoms with Gasteiger partial charge in [0.1, 0.15) is 0 Å². The quantitative estimate of drug-likeness (QED) is 0.353. The van der Waals surface area contributed by atoms with Crippen LogP contribution in [0.2, 0.25) is 0 Å². The molecule has 124 valence electrons. The number of rotatable bonds is 12. The van der Waals surface area contributed by atoms with Crippen LogP contribution in [0.3, 0.4) is 0 Å². The van der Waals surface area contributed by atoms with Crippen molar-refractivity contribution in [2.45, 2.75) is 70.8 Å². The van der Waals surface area contributed by atoms with Crippen molar-refractivity contribution in [1.82, 2.24) is 15.3 Å². The van der Waals surface area contributed by atoms with E-state index in [2.05, 4.69) is 22.2 Å². The molecular weight excluding hydrogens is 305 g/mol. The van der Waals surface area contributed by atoms with E-state index in [1.54, 1.807) is 6.20 Å². The van der Waals surface area contributed by atoms with Crippen molar-refractivity contribution in [3.05, 3.63) is 18.2 Å². The van der Waals surface area contributed by atoms with Crippen molar-refractivity contribution in [2.24, 2.45) is 0 Å². The Morgan fingerprint density at radius 3 is 2.43 bits per heavy atom. The Hall–Kier alpha value is -0.850. The minimum Gasteiger partial charge on any atom is -0.548 e. The molecule has 1 atom stereocenters. The van der Waals surface area contributed by atoms with Crippen LogP contribution >= 0.6 is 0 Å². The fourth-order valence-corrected chi connectivity index (χ4v) is 2.32. The molecule has 1 heterocycles. The maximum absolute atomic E-state index is 11.8.